The Bertz CT molecular complexity index is 1260. The Hall–Kier alpha value is -3.40. The zero-order valence-electron chi connectivity index (χ0n) is 21.7. The summed E-state index contributed by atoms with van der Waals surface area (Å²) in [6, 6.07) is 23.1. The van der Waals surface area contributed by atoms with Gasteiger partial charge in [-0.2, -0.15) is 0 Å². The van der Waals surface area contributed by atoms with Crippen LogP contribution in [0.3, 0.4) is 0 Å². The molecule has 38 heavy (non-hydrogen) atoms. The van der Waals surface area contributed by atoms with Crippen molar-refractivity contribution >= 4 is 21.6 Å². The lowest BCUT2D eigenvalue weighted by molar-refractivity contribution is -0.123. The zero-order valence-corrected chi connectivity index (χ0v) is 22.5. The van der Waals surface area contributed by atoms with Gasteiger partial charge in [-0.15, -0.1) is 0 Å². The first-order valence-corrected chi connectivity index (χ1v) is 14.3. The zero-order chi connectivity index (χ0) is 26.8. The molecule has 4 rings (SSSR count). The molecule has 1 heterocycles. The lowest BCUT2D eigenvalue weighted by Gasteiger charge is -2.26. The smallest absolute Gasteiger partial charge is 0.264 e. The van der Waals surface area contributed by atoms with Gasteiger partial charge in [0.25, 0.3) is 15.9 Å². The molecule has 1 amide bonds. The summed E-state index contributed by atoms with van der Waals surface area (Å²) < 4.78 is 39.6. The van der Waals surface area contributed by atoms with Crippen LogP contribution >= 0.6 is 0 Å². The van der Waals surface area contributed by atoms with E-state index in [1.807, 2.05) is 37.3 Å². The fourth-order valence-corrected chi connectivity index (χ4v) is 5.62. The van der Waals surface area contributed by atoms with Crippen LogP contribution in [-0.2, 0) is 26.1 Å². The SMILES string of the molecule is Cc1ccc(S(=O)(=O)N(Cc2ccccc2)c2ccc(OCC(=O)NCCCN3CCOCC3)cc2)cc1. The van der Waals surface area contributed by atoms with Crippen molar-refractivity contribution in [1.82, 2.24) is 10.2 Å². The molecule has 0 aromatic heterocycles. The fraction of sp³-hybridized carbons (Fsp3) is 0.345. The van der Waals surface area contributed by atoms with E-state index >= 15 is 0 Å². The van der Waals surface area contributed by atoms with Gasteiger partial charge >= 0.3 is 0 Å². The number of nitrogens with zero attached hydrogens (tertiary/aromatic N) is 2. The Labute approximate surface area is 225 Å². The largest absolute Gasteiger partial charge is 0.484 e. The second-order valence-electron chi connectivity index (χ2n) is 9.25. The van der Waals surface area contributed by atoms with Crippen LogP contribution in [0, 0.1) is 6.92 Å². The summed E-state index contributed by atoms with van der Waals surface area (Å²) in [5, 5.41) is 2.88. The Morgan fingerprint density at radius 3 is 2.34 bits per heavy atom. The van der Waals surface area contributed by atoms with Crippen molar-refractivity contribution in [2.75, 3.05) is 50.3 Å². The van der Waals surface area contributed by atoms with Crippen molar-refractivity contribution in [3.63, 3.8) is 0 Å². The molecule has 0 radical (unpaired) electrons. The highest BCUT2D eigenvalue weighted by Gasteiger charge is 2.25. The van der Waals surface area contributed by atoms with Crippen LogP contribution in [0.2, 0.25) is 0 Å². The first-order valence-electron chi connectivity index (χ1n) is 12.8. The van der Waals surface area contributed by atoms with Crippen LogP contribution in [0.1, 0.15) is 17.5 Å². The number of hydrogen-bond acceptors (Lipinski definition) is 6. The number of anilines is 1. The molecule has 1 fully saturated rings. The van der Waals surface area contributed by atoms with Gasteiger partial charge in [-0.05, 0) is 61.9 Å². The molecule has 9 heteroatoms. The molecule has 0 spiro atoms. The quantitative estimate of drug-likeness (QED) is 0.355. The molecule has 3 aromatic carbocycles. The number of rotatable bonds is 12. The number of morpholine rings is 1. The third kappa shape index (κ3) is 7.80. The van der Waals surface area contributed by atoms with Gasteiger partial charge in [0.1, 0.15) is 5.75 Å². The molecule has 1 aliphatic heterocycles. The highest BCUT2D eigenvalue weighted by molar-refractivity contribution is 7.92. The van der Waals surface area contributed by atoms with Crippen LogP contribution in [0.5, 0.6) is 5.75 Å². The monoisotopic (exact) mass is 537 g/mol. The van der Waals surface area contributed by atoms with Crippen LogP contribution in [0.15, 0.2) is 83.8 Å². The summed E-state index contributed by atoms with van der Waals surface area (Å²) >= 11 is 0. The molecule has 0 unspecified atom stereocenters. The van der Waals surface area contributed by atoms with Crippen molar-refractivity contribution in [3.05, 3.63) is 90.0 Å². The molecule has 0 bridgehead atoms. The minimum atomic E-state index is -3.81. The van der Waals surface area contributed by atoms with Crippen LogP contribution in [-0.4, -0.2) is 65.2 Å². The standard InChI is InChI=1S/C29H35N3O5S/c1-24-8-14-28(15-9-24)38(34,35)32(22-25-6-3-2-4-7-25)26-10-12-27(13-11-26)37-23-29(33)30-16-5-17-31-18-20-36-21-19-31/h2-4,6-15H,5,16-23H2,1H3,(H,30,33). The molecule has 202 valence electrons. The number of sulfonamides is 1. The summed E-state index contributed by atoms with van der Waals surface area (Å²) in [6.07, 6.45) is 0.868. The third-order valence-corrected chi connectivity index (χ3v) is 8.14. The molecule has 1 N–H and O–H groups in total. The number of aryl methyl sites for hydroxylation is 1. The summed E-state index contributed by atoms with van der Waals surface area (Å²) in [6.45, 7) is 6.91. The van der Waals surface area contributed by atoms with E-state index in [9.17, 15) is 13.2 Å². The predicted molar refractivity (Wildman–Crippen MR) is 148 cm³/mol. The van der Waals surface area contributed by atoms with Crippen molar-refractivity contribution < 1.29 is 22.7 Å². The predicted octanol–water partition coefficient (Wildman–Crippen LogP) is 3.61. The molecule has 0 saturated carbocycles. The fourth-order valence-electron chi connectivity index (χ4n) is 4.17. The molecule has 3 aromatic rings. The van der Waals surface area contributed by atoms with E-state index in [0.717, 1.165) is 50.4 Å². The number of hydrogen-bond donors (Lipinski definition) is 1. The number of carbonyl (C=O) groups is 1. The molecular weight excluding hydrogens is 502 g/mol. The van der Waals surface area contributed by atoms with Gasteiger partial charge in [0.15, 0.2) is 6.61 Å². The maximum atomic E-state index is 13.6. The van der Waals surface area contributed by atoms with Gasteiger partial charge in [0, 0.05) is 19.6 Å². The first kappa shape index (κ1) is 27.6. The Morgan fingerprint density at radius 2 is 1.66 bits per heavy atom. The van der Waals surface area contributed by atoms with Crippen molar-refractivity contribution in [3.8, 4) is 5.75 Å². The number of amides is 1. The Balaban J connectivity index is 1.36. The van der Waals surface area contributed by atoms with E-state index < -0.39 is 10.0 Å². The molecule has 0 aliphatic carbocycles. The maximum Gasteiger partial charge on any atom is 0.264 e. The highest BCUT2D eigenvalue weighted by atomic mass is 32.2. The second-order valence-corrected chi connectivity index (χ2v) is 11.1. The summed E-state index contributed by atoms with van der Waals surface area (Å²) in [7, 11) is -3.81. The molecule has 1 aliphatic rings. The van der Waals surface area contributed by atoms with Gasteiger partial charge in [0.05, 0.1) is 30.3 Å². The number of ether oxygens (including phenoxy) is 2. The topological polar surface area (TPSA) is 88.2 Å². The molecule has 1 saturated heterocycles. The van der Waals surface area contributed by atoms with Gasteiger partial charge in [0.2, 0.25) is 0 Å². The summed E-state index contributed by atoms with van der Waals surface area (Å²) in [5.74, 6) is 0.299. The first-order chi connectivity index (χ1) is 18.4. The average Bonchev–Trinajstić information content (AvgIpc) is 2.94. The minimum absolute atomic E-state index is 0.105. The number of carbonyl (C=O) groups excluding carboxylic acids is 1. The van der Waals surface area contributed by atoms with E-state index in [0.29, 0.717) is 18.0 Å². The van der Waals surface area contributed by atoms with Gasteiger partial charge in [-0.3, -0.25) is 14.0 Å². The van der Waals surface area contributed by atoms with Crippen molar-refractivity contribution in [2.45, 2.75) is 24.8 Å². The minimum Gasteiger partial charge on any atom is -0.484 e. The lowest BCUT2D eigenvalue weighted by atomic mass is 10.2. The average molecular weight is 538 g/mol. The van der Waals surface area contributed by atoms with Crippen molar-refractivity contribution in [2.24, 2.45) is 0 Å². The van der Waals surface area contributed by atoms with E-state index in [2.05, 4.69) is 10.2 Å². The maximum absolute atomic E-state index is 13.6. The van der Waals surface area contributed by atoms with Crippen molar-refractivity contribution in [1.29, 1.82) is 0 Å². The normalized spacial score (nSPS) is 14.1. The summed E-state index contributed by atoms with van der Waals surface area (Å²) in [5.41, 5.74) is 2.37. The van der Waals surface area contributed by atoms with Gasteiger partial charge in [-0.25, -0.2) is 8.42 Å². The molecular formula is C29H35N3O5S. The number of nitrogens with one attached hydrogen (secondary N) is 1. The lowest BCUT2D eigenvalue weighted by Crippen LogP contribution is -2.38. The van der Waals surface area contributed by atoms with E-state index in [-0.39, 0.29) is 24.0 Å². The summed E-state index contributed by atoms with van der Waals surface area (Å²) in [4.78, 5) is 14.8. The van der Waals surface area contributed by atoms with Crippen LogP contribution in [0.4, 0.5) is 5.69 Å². The Kier molecular flexibility index (Phi) is 9.75. The third-order valence-electron chi connectivity index (χ3n) is 6.35. The number of benzene rings is 3. The highest BCUT2D eigenvalue weighted by Crippen LogP contribution is 2.28. The molecule has 0 atom stereocenters. The van der Waals surface area contributed by atoms with Crippen LogP contribution < -0.4 is 14.4 Å². The Morgan fingerprint density at radius 1 is 0.974 bits per heavy atom. The van der Waals surface area contributed by atoms with E-state index in [1.165, 1.54) is 4.31 Å². The van der Waals surface area contributed by atoms with Gasteiger partial charge in [-0.1, -0.05) is 48.0 Å². The second kappa shape index (κ2) is 13.4. The molecule has 8 nitrogen and oxygen atoms in total. The van der Waals surface area contributed by atoms with E-state index in [1.54, 1.807) is 48.5 Å². The van der Waals surface area contributed by atoms with Gasteiger partial charge < -0.3 is 14.8 Å². The van der Waals surface area contributed by atoms with E-state index in [4.69, 9.17) is 9.47 Å². The van der Waals surface area contributed by atoms with Crippen LogP contribution in [0.25, 0.3) is 0 Å².